The second-order valence-electron chi connectivity index (χ2n) is 6.56. The number of ether oxygens (including phenoxy) is 3. The molecule has 8 heteroatoms. The monoisotopic (exact) mass is 472 g/mol. The maximum Gasteiger partial charge on any atom is 0.277 e. The molecule has 0 aliphatic heterocycles. The van der Waals surface area contributed by atoms with Crippen LogP contribution in [0.1, 0.15) is 18.1 Å². The van der Waals surface area contributed by atoms with Crippen LogP contribution in [0.25, 0.3) is 0 Å². The zero-order valence-corrected chi connectivity index (χ0v) is 18.9. The quantitative estimate of drug-likeness (QED) is 0.312. The van der Waals surface area contributed by atoms with Gasteiger partial charge in [-0.3, -0.25) is 4.79 Å². The van der Waals surface area contributed by atoms with Crippen molar-refractivity contribution in [2.24, 2.45) is 5.10 Å². The lowest BCUT2D eigenvalue weighted by Crippen LogP contribution is -2.24. The van der Waals surface area contributed by atoms with E-state index in [0.717, 1.165) is 11.1 Å². The Hall–Kier alpha value is -3.22. The van der Waals surface area contributed by atoms with E-state index in [2.05, 4.69) is 10.5 Å². The van der Waals surface area contributed by atoms with Crippen LogP contribution in [0.2, 0.25) is 10.0 Å². The van der Waals surface area contributed by atoms with E-state index in [-0.39, 0.29) is 19.1 Å². The predicted octanol–water partition coefficient (Wildman–Crippen LogP) is 5.50. The molecule has 0 saturated heterocycles. The maximum absolute atomic E-state index is 11.9. The molecule has 0 atom stereocenters. The van der Waals surface area contributed by atoms with Gasteiger partial charge in [-0.25, -0.2) is 5.43 Å². The van der Waals surface area contributed by atoms with Gasteiger partial charge in [0.15, 0.2) is 18.1 Å². The number of amides is 1. The van der Waals surface area contributed by atoms with Gasteiger partial charge in [-0.2, -0.15) is 5.10 Å². The Kier molecular flexibility index (Phi) is 8.78. The molecule has 3 rings (SSSR count). The predicted molar refractivity (Wildman–Crippen MR) is 126 cm³/mol. The first kappa shape index (κ1) is 23.4. The molecular weight excluding hydrogens is 451 g/mol. The number of para-hydroxylation sites is 1. The summed E-state index contributed by atoms with van der Waals surface area (Å²) in [7, 11) is 0. The Bertz CT molecular complexity index is 1070. The molecule has 1 N–H and O–H groups in total. The average Bonchev–Trinajstić information content (AvgIpc) is 2.79. The molecule has 0 aliphatic carbocycles. The Morgan fingerprint density at radius 2 is 1.78 bits per heavy atom. The van der Waals surface area contributed by atoms with Crippen LogP contribution in [-0.2, 0) is 11.4 Å². The number of hydrogen-bond acceptors (Lipinski definition) is 5. The summed E-state index contributed by atoms with van der Waals surface area (Å²) in [5.74, 6) is 1.37. The second-order valence-corrected chi connectivity index (χ2v) is 7.40. The molecule has 6 nitrogen and oxygen atoms in total. The maximum atomic E-state index is 11.9. The minimum atomic E-state index is -0.366. The molecule has 3 aromatic carbocycles. The fraction of sp³-hybridized carbons (Fsp3) is 0.167. The molecule has 0 spiro atoms. The van der Waals surface area contributed by atoms with Gasteiger partial charge in [0.05, 0.1) is 12.8 Å². The van der Waals surface area contributed by atoms with Crippen LogP contribution in [-0.4, -0.2) is 25.3 Å². The Balaban J connectivity index is 1.57. The summed E-state index contributed by atoms with van der Waals surface area (Å²) in [4.78, 5) is 11.9. The number of carbonyl (C=O) groups excluding carboxylic acids is 1. The number of benzene rings is 3. The lowest BCUT2D eigenvalue weighted by Gasteiger charge is -2.13. The Labute approximate surface area is 196 Å². The van der Waals surface area contributed by atoms with Gasteiger partial charge < -0.3 is 14.2 Å². The molecule has 0 heterocycles. The van der Waals surface area contributed by atoms with E-state index in [1.807, 2.05) is 31.2 Å². The standard InChI is InChI=1S/C24H22Cl2N2O4/c1-2-30-23-12-17(14-27-28-24(29)16-31-20-6-4-3-5-7-20)8-11-22(23)32-15-18-9-10-19(25)13-21(18)26/h3-14H,2,15-16H2,1H3,(H,28,29)/b27-14-. The zero-order chi connectivity index (χ0) is 22.8. The van der Waals surface area contributed by atoms with Crippen molar-refractivity contribution in [1.29, 1.82) is 0 Å². The van der Waals surface area contributed by atoms with E-state index < -0.39 is 0 Å². The summed E-state index contributed by atoms with van der Waals surface area (Å²) in [6.07, 6.45) is 1.52. The van der Waals surface area contributed by atoms with Crippen molar-refractivity contribution in [3.05, 3.63) is 87.9 Å². The molecule has 3 aromatic rings. The van der Waals surface area contributed by atoms with Crippen molar-refractivity contribution < 1.29 is 19.0 Å². The number of carbonyl (C=O) groups is 1. The van der Waals surface area contributed by atoms with Crippen molar-refractivity contribution in [2.45, 2.75) is 13.5 Å². The molecule has 1 amide bonds. The van der Waals surface area contributed by atoms with E-state index >= 15 is 0 Å². The van der Waals surface area contributed by atoms with Crippen LogP contribution in [0.15, 0.2) is 71.8 Å². The lowest BCUT2D eigenvalue weighted by atomic mass is 10.2. The molecule has 0 fully saturated rings. The van der Waals surface area contributed by atoms with Crippen molar-refractivity contribution in [3.63, 3.8) is 0 Å². The van der Waals surface area contributed by atoms with Crippen molar-refractivity contribution in [3.8, 4) is 17.2 Å². The van der Waals surface area contributed by atoms with Crippen molar-refractivity contribution in [1.82, 2.24) is 5.43 Å². The number of hydrazone groups is 1. The Morgan fingerprint density at radius 3 is 2.53 bits per heavy atom. The van der Waals surface area contributed by atoms with Crippen molar-refractivity contribution in [2.75, 3.05) is 13.2 Å². The van der Waals surface area contributed by atoms with Crippen LogP contribution in [0.4, 0.5) is 0 Å². The fourth-order valence-corrected chi connectivity index (χ4v) is 3.13. The van der Waals surface area contributed by atoms with Gasteiger partial charge in [0, 0.05) is 15.6 Å². The van der Waals surface area contributed by atoms with Crippen LogP contribution >= 0.6 is 23.2 Å². The second kappa shape index (κ2) is 12.0. The number of rotatable bonds is 10. The molecule has 32 heavy (non-hydrogen) atoms. The van der Waals surface area contributed by atoms with E-state index in [1.54, 1.807) is 42.5 Å². The van der Waals surface area contributed by atoms with Crippen LogP contribution in [0.5, 0.6) is 17.2 Å². The Morgan fingerprint density at radius 1 is 0.969 bits per heavy atom. The molecule has 0 bridgehead atoms. The van der Waals surface area contributed by atoms with E-state index in [1.165, 1.54) is 6.21 Å². The summed E-state index contributed by atoms with van der Waals surface area (Å²) in [5, 5.41) is 5.07. The number of nitrogens with zero attached hydrogens (tertiary/aromatic N) is 1. The molecule has 0 aliphatic rings. The summed E-state index contributed by atoms with van der Waals surface area (Å²) >= 11 is 12.1. The van der Waals surface area contributed by atoms with E-state index in [9.17, 15) is 4.79 Å². The highest BCUT2D eigenvalue weighted by molar-refractivity contribution is 6.35. The summed E-state index contributed by atoms with van der Waals surface area (Å²) in [5.41, 5.74) is 3.97. The first-order valence-electron chi connectivity index (χ1n) is 9.88. The van der Waals surface area contributed by atoms with Gasteiger partial charge in [-0.15, -0.1) is 0 Å². The van der Waals surface area contributed by atoms with E-state index in [4.69, 9.17) is 37.4 Å². The van der Waals surface area contributed by atoms with Gasteiger partial charge >= 0.3 is 0 Å². The van der Waals surface area contributed by atoms with Crippen molar-refractivity contribution >= 4 is 35.3 Å². The number of halogens is 2. The number of hydrogen-bond donors (Lipinski definition) is 1. The SMILES string of the molecule is CCOc1cc(/C=N\NC(=O)COc2ccccc2)ccc1OCc1ccc(Cl)cc1Cl. The normalized spacial score (nSPS) is 10.7. The summed E-state index contributed by atoms with van der Waals surface area (Å²) < 4.78 is 16.9. The van der Waals surface area contributed by atoms with Gasteiger partial charge in [0.1, 0.15) is 12.4 Å². The molecule has 0 unspecified atom stereocenters. The summed E-state index contributed by atoms with van der Waals surface area (Å²) in [6, 6.07) is 19.7. The first-order chi connectivity index (χ1) is 15.5. The molecular formula is C24H22Cl2N2O4. The van der Waals surface area contributed by atoms with Crippen LogP contribution in [0, 0.1) is 0 Å². The first-order valence-corrected chi connectivity index (χ1v) is 10.6. The molecule has 0 radical (unpaired) electrons. The minimum absolute atomic E-state index is 0.133. The lowest BCUT2D eigenvalue weighted by molar-refractivity contribution is -0.123. The average molecular weight is 473 g/mol. The highest BCUT2D eigenvalue weighted by Crippen LogP contribution is 2.30. The molecule has 0 aromatic heterocycles. The molecule has 166 valence electrons. The van der Waals surface area contributed by atoms with Crippen LogP contribution < -0.4 is 19.6 Å². The smallest absolute Gasteiger partial charge is 0.277 e. The van der Waals surface area contributed by atoms with Gasteiger partial charge in [-0.1, -0.05) is 47.5 Å². The van der Waals surface area contributed by atoms with Gasteiger partial charge in [-0.05, 0) is 55.0 Å². The third-order valence-corrected chi connectivity index (χ3v) is 4.77. The fourth-order valence-electron chi connectivity index (χ4n) is 2.66. The zero-order valence-electron chi connectivity index (χ0n) is 17.4. The highest BCUT2D eigenvalue weighted by Gasteiger charge is 2.09. The number of nitrogens with one attached hydrogen (secondary N) is 1. The van der Waals surface area contributed by atoms with Gasteiger partial charge in [0.2, 0.25) is 0 Å². The largest absolute Gasteiger partial charge is 0.490 e. The van der Waals surface area contributed by atoms with E-state index in [0.29, 0.717) is 33.9 Å². The van der Waals surface area contributed by atoms with Gasteiger partial charge in [0.25, 0.3) is 5.91 Å². The third kappa shape index (κ3) is 7.18. The third-order valence-electron chi connectivity index (χ3n) is 4.18. The molecule has 0 saturated carbocycles. The van der Waals surface area contributed by atoms with Crippen LogP contribution in [0.3, 0.4) is 0 Å². The minimum Gasteiger partial charge on any atom is -0.490 e. The summed E-state index contributed by atoms with van der Waals surface area (Å²) in [6.45, 7) is 2.48. The highest BCUT2D eigenvalue weighted by atomic mass is 35.5. The topological polar surface area (TPSA) is 69.2 Å².